The van der Waals surface area contributed by atoms with E-state index in [2.05, 4.69) is 5.32 Å². The lowest BCUT2D eigenvalue weighted by molar-refractivity contribution is -0.384. The predicted octanol–water partition coefficient (Wildman–Crippen LogP) is 2.47. The van der Waals surface area contributed by atoms with Crippen molar-refractivity contribution >= 4 is 17.5 Å². The standard InChI is InChI=1S/C15H12N2O4/c1-10-2-4-11(5-3-10)14(18)16-15(19)12-6-8-13(9-7-12)17(20)21/h2-9H,1H3,(H,16,18,19). The molecule has 106 valence electrons. The fraction of sp³-hybridized carbons (Fsp3) is 0.0667. The van der Waals surface area contributed by atoms with Gasteiger partial charge in [-0.25, -0.2) is 0 Å². The molecule has 2 aromatic carbocycles. The molecule has 0 unspecified atom stereocenters. The number of rotatable bonds is 3. The van der Waals surface area contributed by atoms with Crippen LogP contribution in [0.1, 0.15) is 26.3 Å². The lowest BCUT2D eigenvalue weighted by Gasteiger charge is -2.04. The third kappa shape index (κ3) is 3.50. The molecule has 0 spiro atoms. The molecule has 0 aliphatic heterocycles. The van der Waals surface area contributed by atoms with Crippen LogP contribution in [0.15, 0.2) is 48.5 Å². The van der Waals surface area contributed by atoms with Crippen LogP contribution in [0.5, 0.6) is 0 Å². The minimum absolute atomic E-state index is 0.114. The summed E-state index contributed by atoms with van der Waals surface area (Å²) >= 11 is 0. The second-order valence-corrected chi connectivity index (χ2v) is 4.45. The average Bonchev–Trinajstić information content (AvgIpc) is 2.47. The molecule has 0 heterocycles. The third-order valence-electron chi connectivity index (χ3n) is 2.88. The first-order valence-corrected chi connectivity index (χ1v) is 6.14. The van der Waals surface area contributed by atoms with Crippen molar-refractivity contribution in [3.05, 3.63) is 75.3 Å². The SMILES string of the molecule is Cc1ccc(C(=O)NC(=O)c2ccc([N+](=O)[O-])cc2)cc1. The molecule has 2 aromatic rings. The lowest BCUT2D eigenvalue weighted by atomic mass is 10.1. The van der Waals surface area contributed by atoms with Crippen molar-refractivity contribution < 1.29 is 14.5 Å². The molecule has 0 radical (unpaired) electrons. The lowest BCUT2D eigenvalue weighted by Crippen LogP contribution is -2.30. The highest BCUT2D eigenvalue weighted by Gasteiger charge is 2.13. The highest BCUT2D eigenvalue weighted by molar-refractivity contribution is 6.10. The van der Waals surface area contributed by atoms with E-state index in [4.69, 9.17) is 0 Å². The molecule has 6 nitrogen and oxygen atoms in total. The van der Waals surface area contributed by atoms with E-state index in [0.717, 1.165) is 5.56 Å². The Bertz CT molecular complexity index is 691. The van der Waals surface area contributed by atoms with Gasteiger partial charge in [0.15, 0.2) is 0 Å². The van der Waals surface area contributed by atoms with E-state index in [9.17, 15) is 19.7 Å². The highest BCUT2D eigenvalue weighted by atomic mass is 16.6. The predicted molar refractivity (Wildman–Crippen MR) is 76.1 cm³/mol. The van der Waals surface area contributed by atoms with E-state index in [0.29, 0.717) is 5.56 Å². The minimum atomic E-state index is -0.601. The molecule has 1 N–H and O–H groups in total. The number of non-ortho nitro benzene ring substituents is 1. The van der Waals surface area contributed by atoms with Gasteiger partial charge in [-0.15, -0.1) is 0 Å². The van der Waals surface area contributed by atoms with Gasteiger partial charge in [-0.1, -0.05) is 17.7 Å². The molecule has 0 bridgehead atoms. The maximum absolute atomic E-state index is 11.9. The third-order valence-corrected chi connectivity index (χ3v) is 2.88. The van der Waals surface area contributed by atoms with Gasteiger partial charge in [-0.05, 0) is 31.2 Å². The summed E-state index contributed by atoms with van der Waals surface area (Å²) in [7, 11) is 0. The molecule has 0 saturated heterocycles. The smallest absolute Gasteiger partial charge is 0.269 e. The number of benzene rings is 2. The Morgan fingerprint density at radius 2 is 1.33 bits per heavy atom. The van der Waals surface area contributed by atoms with Crippen LogP contribution in [0.3, 0.4) is 0 Å². The van der Waals surface area contributed by atoms with Crippen molar-refractivity contribution in [3.8, 4) is 0 Å². The van der Waals surface area contributed by atoms with E-state index in [1.54, 1.807) is 24.3 Å². The number of carbonyl (C=O) groups is 2. The normalized spacial score (nSPS) is 9.95. The summed E-state index contributed by atoms with van der Waals surface area (Å²) in [5.41, 5.74) is 1.45. The van der Waals surface area contributed by atoms with Gasteiger partial charge < -0.3 is 0 Å². The van der Waals surface area contributed by atoms with Gasteiger partial charge in [-0.2, -0.15) is 0 Å². The number of nitro groups is 1. The molecule has 0 aromatic heterocycles. The number of aryl methyl sites for hydroxylation is 1. The Kier molecular flexibility index (Phi) is 4.08. The van der Waals surface area contributed by atoms with Crippen LogP contribution in [0.25, 0.3) is 0 Å². The monoisotopic (exact) mass is 284 g/mol. The fourth-order valence-electron chi connectivity index (χ4n) is 1.69. The molecule has 0 saturated carbocycles. The first kappa shape index (κ1) is 14.4. The quantitative estimate of drug-likeness (QED) is 0.532. The number of hydrogen-bond acceptors (Lipinski definition) is 4. The average molecular weight is 284 g/mol. The maximum Gasteiger partial charge on any atom is 0.269 e. The molecule has 0 fully saturated rings. The number of nitro benzene ring substituents is 1. The van der Waals surface area contributed by atoms with E-state index < -0.39 is 16.7 Å². The van der Waals surface area contributed by atoms with E-state index in [1.165, 1.54) is 24.3 Å². The van der Waals surface area contributed by atoms with Gasteiger partial charge in [0.05, 0.1) is 4.92 Å². The first-order valence-electron chi connectivity index (χ1n) is 6.14. The zero-order valence-corrected chi connectivity index (χ0v) is 11.2. The molecule has 0 aliphatic rings. The van der Waals surface area contributed by atoms with Crippen molar-refractivity contribution in [2.24, 2.45) is 0 Å². The Morgan fingerprint density at radius 3 is 1.76 bits per heavy atom. The molecule has 0 atom stereocenters. The second-order valence-electron chi connectivity index (χ2n) is 4.45. The maximum atomic E-state index is 11.9. The van der Waals surface area contributed by atoms with Crippen molar-refractivity contribution in [1.82, 2.24) is 5.32 Å². The second kappa shape index (κ2) is 5.96. The number of hydrogen-bond donors (Lipinski definition) is 1. The number of amides is 2. The van der Waals surface area contributed by atoms with Gasteiger partial charge in [0.2, 0.25) is 0 Å². The summed E-state index contributed by atoms with van der Waals surface area (Å²) in [5, 5.41) is 12.8. The Labute approximate surface area is 120 Å². The van der Waals surface area contributed by atoms with Crippen LogP contribution in [0, 0.1) is 17.0 Å². The molecule has 6 heteroatoms. The van der Waals surface area contributed by atoms with Crippen LogP contribution in [-0.2, 0) is 0 Å². The Hall–Kier alpha value is -3.02. The van der Waals surface area contributed by atoms with Gasteiger partial charge in [-0.3, -0.25) is 25.0 Å². The molecular formula is C15H12N2O4. The highest BCUT2D eigenvalue weighted by Crippen LogP contribution is 2.12. The first-order chi connectivity index (χ1) is 9.97. The van der Waals surface area contributed by atoms with Gasteiger partial charge >= 0.3 is 0 Å². The van der Waals surface area contributed by atoms with Crippen LogP contribution in [0.4, 0.5) is 5.69 Å². The molecule has 2 rings (SSSR count). The number of nitrogens with zero attached hydrogens (tertiary/aromatic N) is 1. The van der Waals surface area contributed by atoms with Crippen LogP contribution >= 0.6 is 0 Å². The van der Waals surface area contributed by atoms with E-state index in [-0.39, 0.29) is 11.3 Å². The zero-order valence-electron chi connectivity index (χ0n) is 11.2. The zero-order chi connectivity index (χ0) is 15.4. The van der Waals surface area contributed by atoms with Crippen molar-refractivity contribution in [2.75, 3.05) is 0 Å². The molecule has 2 amide bonds. The summed E-state index contributed by atoms with van der Waals surface area (Å²) < 4.78 is 0. The summed E-state index contributed by atoms with van der Waals surface area (Å²) in [4.78, 5) is 33.7. The summed E-state index contributed by atoms with van der Waals surface area (Å²) in [6, 6.07) is 11.8. The van der Waals surface area contributed by atoms with E-state index >= 15 is 0 Å². The molecule has 21 heavy (non-hydrogen) atoms. The molecule has 0 aliphatic carbocycles. The minimum Gasteiger partial charge on any atom is -0.288 e. The van der Waals surface area contributed by atoms with Crippen LogP contribution < -0.4 is 5.32 Å². The Balaban J connectivity index is 2.08. The fourth-order valence-corrected chi connectivity index (χ4v) is 1.69. The van der Waals surface area contributed by atoms with Gasteiger partial charge in [0.25, 0.3) is 17.5 Å². The van der Waals surface area contributed by atoms with Crippen molar-refractivity contribution in [2.45, 2.75) is 6.92 Å². The topological polar surface area (TPSA) is 89.3 Å². The number of nitrogens with one attached hydrogen (secondary N) is 1. The number of carbonyl (C=O) groups excluding carboxylic acids is 2. The van der Waals surface area contributed by atoms with Crippen molar-refractivity contribution in [3.63, 3.8) is 0 Å². The van der Waals surface area contributed by atoms with Crippen LogP contribution in [0.2, 0.25) is 0 Å². The Morgan fingerprint density at radius 1 is 0.905 bits per heavy atom. The van der Waals surface area contributed by atoms with Gasteiger partial charge in [0, 0.05) is 23.3 Å². The van der Waals surface area contributed by atoms with E-state index in [1.807, 2.05) is 6.92 Å². The number of imide groups is 1. The van der Waals surface area contributed by atoms with Crippen LogP contribution in [-0.4, -0.2) is 16.7 Å². The largest absolute Gasteiger partial charge is 0.288 e. The van der Waals surface area contributed by atoms with Gasteiger partial charge in [0.1, 0.15) is 0 Å². The summed E-state index contributed by atoms with van der Waals surface area (Å²) in [6.45, 7) is 1.89. The summed E-state index contributed by atoms with van der Waals surface area (Å²) in [6.07, 6.45) is 0. The summed E-state index contributed by atoms with van der Waals surface area (Å²) in [5.74, 6) is -1.12. The van der Waals surface area contributed by atoms with Crippen molar-refractivity contribution in [1.29, 1.82) is 0 Å². The molecular weight excluding hydrogens is 272 g/mol.